The summed E-state index contributed by atoms with van der Waals surface area (Å²) in [6, 6.07) is 14.1. The largest absolute Gasteiger partial charge is 0.497 e. The summed E-state index contributed by atoms with van der Waals surface area (Å²) in [5.41, 5.74) is 1.66. The van der Waals surface area contributed by atoms with Crippen molar-refractivity contribution in [2.24, 2.45) is 0 Å². The zero-order chi connectivity index (χ0) is 19.8. The third kappa shape index (κ3) is 5.73. The van der Waals surface area contributed by atoms with E-state index in [0.29, 0.717) is 18.1 Å². The number of hydrogen-bond donors (Lipinski definition) is 1. The highest BCUT2D eigenvalue weighted by atomic mass is 35.5. The van der Waals surface area contributed by atoms with Crippen LogP contribution in [0.3, 0.4) is 0 Å². The highest BCUT2D eigenvalue weighted by Gasteiger charge is 2.26. The van der Waals surface area contributed by atoms with E-state index in [1.165, 1.54) is 0 Å². The predicted molar refractivity (Wildman–Crippen MR) is 107 cm³/mol. The molecule has 6 heteroatoms. The van der Waals surface area contributed by atoms with Crippen LogP contribution < -0.4 is 10.1 Å². The lowest BCUT2D eigenvalue weighted by atomic mass is 10.1. The number of ether oxygens (including phenoxy) is 1. The number of amides is 2. The molecule has 2 aromatic rings. The number of halogens is 1. The molecule has 0 spiro atoms. The lowest BCUT2D eigenvalue weighted by molar-refractivity contribution is -0.140. The van der Waals surface area contributed by atoms with Crippen LogP contribution in [0, 0.1) is 0 Å². The van der Waals surface area contributed by atoms with E-state index in [0.717, 1.165) is 16.9 Å². The van der Waals surface area contributed by atoms with Crippen molar-refractivity contribution in [2.75, 3.05) is 13.7 Å². The SMILES string of the molecule is CCNC(=O)C(C)N(Cc1ccc(OC)cc1)C(=O)Cc1ccccc1Cl. The molecule has 0 fully saturated rings. The van der Waals surface area contributed by atoms with E-state index in [2.05, 4.69) is 5.32 Å². The second kappa shape index (κ2) is 9.97. The summed E-state index contributed by atoms with van der Waals surface area (Å²) < 4.78 is 5.17. The molecule has 0 aliphatic carbocycles. The van der Waals surface area contributed by atoms with E-state index >= 15 is 0 Å². The number of carbonyl (C=O) groups is 2. The first kappa shape index (κ1) is 20.8. The van der Waals surface area contributed by atoms with Crippen molar-refractivity contribution in [3.05, 3.63) is 64.7 Å². The molecule has 0 heterocycles. The van der Waals surface area contributed by atoms with Gasteiger partial charge in [-0.3, -0.25) is 9.59 Å². The molecule has 2 amide bonds. The number of nitrogens with zero attached hydrogens (tertiary/aromatic N) is 1. The van der Waals surface area contributed by atoms with Crippen LogP contribution >= 0.6 is 11.6 Å². The normalized spacial score (nSPS) is 11.6. The molecule has 0 aliphatic rings. The van der Waals surface area contributed by atoms with E-state index in [1.54, 1.807) is 25.0 Å². The standard InChI is InChI=1S/C21H25ClN2O3/c1-4-23-21(26)15(2)24(14-16-9-11-18(27-3)12-10-16)20(25)13-17-7-5-6-8-19(17)22/h5-12,15H,4,13-14H2,1-3H3,(H,23,26). The fraction of sp³-hybridized carbons (Fsp3) is 0.333. The Bertz CT molecular complexity index is 777. The Morgan fingerprint density at radius 1 is 1.15 bits per heavy atom. The maximum absolute atomic E-state index is 13.0. The number of hydrogen-bond acceptors (Lipinski definition) is 3. The van der Waals surface area contributed by atoms with E-state index in [-0.39, 0.29) is 18.2 Å². The monoisotopic (exact) mass is 388 g/mol. The molecule has 0 saturated heterocycles. The minimum Gasteiger partial charge on any atom is -0.497 e. The second-order valence-corrected chi connectivity index (χ2v) is 6.62. The van der Waals surface area contributed by atoms with Crippen LogP contribution in [0.1, 0.15) is 25.0 Å². The number of benzene rings is 2. The fourth-order valence-electron chi connectivity index (χ4n) is 2.74. The van der Waals surface area contributed by atoms with Gasteiger partial charge in [-0.05, 0) is 43.2 Å². The summed E-state index contributed by atoms with van der Waals surface area (Å²) in [4.78, 5) is 26.9. The number of methoxy groups -OCH3 is 1. The minimum atomic E-state index is -0.595. The van der Waals surface area contributed by atoms with Gasteiger partial charge in [0, 0.05) is 18.1 Å². The average Bonchev–Trinajstić information content (AvgIpc) is 2.68. The summed E-state index contributed by atoms with van der Waals surface area (Å²) in [5, 5.41) is 3.32. The Labute approximate surface area is 165 Å². The van der Waals surface area contributed by atoms with E-state index < -0.39 is 6.04 Å². The molecular weight excluding hydrogens is 364 g/mol. The van der Waals surface area contributed by atoms with Crippen molar-refractivity contribution in [3.63, 3.8) is 0 Å². The maximum atomic E-state index is 13.0. The van der Waals surface area contributed by atoms with Gasteiger partial charge in [0.15, 0.2) is 0 Å². The Hall–Kier alpha value is -2.53. The Kier molecular flexibility index (Phi) is 7.67. The van der Waals surface area contributed by atoms with Gasteiger partial charge >= 0.3 is 0 Å². The van der Waals surface area contributed by atoms with Crippen molar-refractivity contribution in [1.82, 2.24) is 10.2 Å². The van der Waals surface area contributed by atoms with Gasteiger partial charge in [0.05, 0.1) is 13.5 Å². The van der Waals surface area contributed by atoms with Gasteiger partial charge in [-0.2, -0.15) is 0 Å². The molecule has 0 aliphatic heterocycles. The third-order valence-corrected chi connectivity index (χ3v) is 4.70. The zero-order valence-corrected chi connectivity index (χ0v) is 16.6. The highest BCUT2D eigenvalue weighted by molar-refractivity contribution is 6.31. The van der Waals surface area contributed by atoms with Gasteiger partial charge < -0.3 is 15.0 Å². The summed E-state index contributed by atoms with van der Waals surface area (Å²) in [6.45, 7) is 4.42. The molecule has 0 saturated carbocycles. The van der Waals surface area contributed by atoms with Crippen LogP contribution in [-0.2, 0) is 22.6 Å². The molecule has 27 heavy (non-hydrogen) atoms. The highest BCUT2D eigenvalue weighted by Crippen LogP contribution is 2.19. The Balaban J connectivity index is 2.23. The summed E-state index contributed by atoms with van der Waals surface area (Å²) in [5.74, 6) is 0.403. The lowest BCUT2D eigenvalue weighted by Crippen LogP contribution is -2.48. The quantitative estimate of drug-likeness (QED) is 0.753. The molecule has 0 aromatic heterocycles. The average molecular weight is 389 g/mol. The minimum absolute atomic E-state index is 0.138. The molecule has 5 nitrogen and oxygen atoms in total. The molecule has 1 atom stereocenters. The van der Waals surface area contributed by atoms with Crippen LogP contribution in [-0.4, -0.2) is 36.4 Å². The molecule has 2 aromatic carbocycles. The maximum Gasteiger partial charge on any atom is 0.242 e. The molecule has 2 rings (SSSR count). The van der Waals surface area contributed by atoms with Gasteiger partial charge in [0.1, 0.15) is 11.8 Å². The topological polar surface area (TPSA) is 58.6 Å². The van der Waals surface area contributed by atoms with Crippen molar-refractivity contribution < 1.29 is 14.3 Å². The summed E-state index contributed by atoms with van der Waals surface area (Å²) in [7, 11) is 1.60. The van der Waals surface area contributed by atoms with Crippen molar-refractivity contribution in [1.29, 1.82) is 0 Å². The molecule has 0 bridgehead atoms. The number of likely N-dealkylation sites (N-methyl/N-ethyl adjacent to an activating group) is 1. The van der Waals surface area contributed by atoms with Crippen molar-refractivity contribution in [3.8, 4) is 5.75 Å². The Morgan fingerprint density at radius 3 is 2.41 bits per heavy atom. The third-order valence-electron chi connectivity index (χ3n) is 4.33. The second-order valence-electron chi connectivity index (χ2n) is 6.21. The Morgan fingerprint density at radius 2 is 1.81 bits per heavy atom. The van der Waals surface area contributed by atoms with Crippen LogP contribution in [0.2, 0.25) is 5.02 Å². The number of nitrogens with one attached hydrogen (secondary N) is 1. The molecular formula is C21H25ClN2O3. The van der Waals surface area contributed by atoms with Crippen LogP contribution in [0.5, 0.6) is 5.75 Å². The fourth-order valence-corrected chi connectivity index (χ4v) is 2.94. The first-order chi connectivity index (χ1) is 13.0. The van der Waals surface area contributed by atoms with Gasteiger partial charge in [-0.15, -0.1) is 0 Å². The van der Waals surface area contributed by atoms with Gasteiger partial charge in [-0.1, -0.05) is 41.9 Å². The van der Waals surface area contributed by atoms with Gasteiger partial charge in [-0.25, -0.2) is 0 Å². The van der Waals surface area contributed by atoms with Crippen molar-refractivity contribution >= 4 is 23.4 Å². The zero-order valence-electron chi connectivity index (χ0n) is 15.9. The van der Waals surface area contributed by atoms with Crippen molar-refractivity contribution in [2.45, 2.75) is 32.9 Å². The molecule has 144 valence electrons. The summed E-state index contributed by atoms with van der Waals surface area (Å²) >= 11 is 6.19. The van der Waals surface area contributed by atoms with Gasteiger partial charge in [0.2, 0.25) is 11.8 Å². The number of rotatable bonds is 8. The van der Waals surface area contributed by atoms with E-state index in [1.807, 2.05) is 49.4 Å². The van der Waals surface area contributed by atoms with Crippen LogP contribution in [0.15, 0.2) is 48.5 Å². The van der Waals surface area contributed by atoms with E-state index in [9.17, 15) is 9.59 Å². The lowest BCUT2D eigenvalue weighted by Gasteiger charge is -2.29. The van der Waals surface area contributed by atoms with Crippen LogP contribution in [0.4, 0.5) is 0 Å². The van der Waals surface area contributed by atoms with E-state index in [4.69, 9.17) is 16.3 Å². The predicted octanol–water partition coefficient (Wildman–Crippen LogP) is 3.44. The van der Waals surface area contributed by atoms with Crippen LogP contribution in [0.25, 0.3) is 0 Å². The number of carbonyl (C=O) groups excluding carboxylic acids is 2. The van der Waals surface area contributed by atoms with Gasteiger partial charge in [0.25, 0.3) is 0 Å². The first-order valence-corrected chi connectivity index (χ1v) is 9.27. The summed E-state index contributed by atoms with van der Waals surface area (Å²) in [6.07, 6.45) is 0.138. The smallest absolute Gasteiger partial charge is 0.242 e. The first-order valence-electron chi connectivity index (χ1n) is 8.89. The molecule has 1 unspecified atom stereocenters. The molecule has 1 N–H and O–H groups in total. The molecule has 0 radical (unpaired) electrons.